The van der Waals surface area contributed by atoms with Gasteiger partial charge in [0.1, 0.15) is 6.10 Å². The minimum Gasteiger partial charge on any atom is -0.376 e. The summed E-state index contributed by atoms with van der Waals surface area (Å²) >= 11 is 0. The van der Waals surface area contributed by atoms with E-state index in [2.05, 4.69) is 4.98 Å². The first-order chi connectivity index (χ1) is 11.4. The van der Waals surface area contributed by atoms with Crippen LogP contribution >= 0.6 is 0 Å². The molecule has 1 fully saturated rings. The van der Waals surface area contributed by atoms with Gasteiger partial charge in [-0.15, -0.1) is 0 Å². The minimum absolute atomic E-state index is 0.222. The van der Waals surface area contributed by atoms with E-state index in [-0.39, 0.29) is 12.5 Å². The van der Waals surface area contributed by atoms with E-state index in [0.717, 1.165) is 4.57 Å². The zero-order valence-corrected chi connectivity index (χ0v) is 13.2. The van der Waals surface area contributed by atoms with Gasteiger partial charge in [0, 0.05) is 25.2 Å². The largest absolute Gasteiger partial charge is 0.376 e. The second-order valence-electron chi connectivity index (χ2n) is 6.45. The molecule has 2 heterocycles. The van der Waals surface area contributed by atoms with E-state index in [9.17, 15) is 9.59 Å². The molecular formula is C15H24N2O5. The Morgan fingerprint density at radius 3 is 2.77 bits per heavy atom. The smallest absolute Gasteiger partial charge is 0.330 e. The predicted octanol–water partition coefficient (Wildman–Crippen LogP) is 0.900. The Balaban J connectivity index is 2.30. The average Bonchev–Trinajstić information content (AvgIpc) is 2.71. The van der Waals surface area contributed by atoms with Crippen LogP contribution in [0.1, 0.15) is 38.0 Å². The third-order valence-corrected chi connectivity index (χ3v) is 3.64. The summed E-state index contributed by atoms with van der Waals surface area (Å²) in [6, 6.07) is 1.17. The van der Waals surface area contributed by atoms with Crippen LogP contribution in [0.4, 0.5) is 0 Å². The fourth-order valence-electron chi connectivity index (χ4n) is 2.39. The maximum atomic E-state index is 12.1. The molecule has 7 nitrogen and oxygen atoms in total. The topological polar surface area (TPSA) is 82.6 Å². The standard InChI is InChI=1S/C15H24N2O5/c1-9-10(8-21-15(2,3)4)22-13(12(9)20-5)17-7-6-11(18)16-14(17)19/h6-7,9-10,12-13H,8H2,1-5H3,(H,16,18,19)/t9-,10-,12-,13-/m1/s1/i5D3. The summed E-state index contributed by atoms with van der Waals surface area (Å²) in [6.07, 6.45) is -1.07. The highest BCUT2D eigenvalue weighted by Crippen LogP contribution is 2.35. The number of aromatic amines is 1. The van der Waals surface area contributed by atoms with Crippen molar-refractivity contribution >= 4 is 0 Å². The van der Waals surface area contributed by atoms with Crippen LogP contribution < -0.4 is 11.2 Å². The fourth-order valence-corrected chi connectivity index (χ4v) is 2.39. The summed E-state index contributed by atoms with van der Waals surface area (Å²) in [4.78, 5) is 25.5. The van der Waals surface area contributed by atoms with Gasteiger partial charge in [-0.2, -0.15) is 0 Å². The van der Waals surface area contributed by atoms with Crippen LogP contribution in [-0.2, 0) is 14.2 Å². The number of nitrogens with one attached hydrogen (secondary N) is 1. The SMILES string of the molecule is [2H]C([2H])([2H])O[C@@H]1[C@H](C)[C@@H](COC(C)(C)C)O[C@H]1n1ccc(=O)[nH]c1=O. The van der Waals surface area contributed by atoms with Crippen molar-refractivity contribution in [3.05, 3.63) is 33.1 Å². The molecule has 0 saturated carbocycles. The van der Waals surface area contributed by atoms with Gasteiger partial charge in [0.05, 0.1) is 22.4 Å². The van der Waals surface area contributed by atoms with Crippen molar-refractivity contribution in [1.82, 2.24) is 9.55 Å². The van der Waals surface area contributed by atoms with Crippen LogP contribution in [0, 0.1) is 5.92 Å². The molecule has 1 aromatic rings. The molecule has 1 aliphatic rings. The van der Waals surface area contributed by atoms with Crippen molar-refractivity contribution in [2.75, 3.05) is 13.6 Å². The van der Waals surface area contributed by atoms with Crippen LogP contribution in [0.5, 0.6) is 0 Å². The summed E-state index contributed by atoms with van der Waals surface area (Å²) in [5, 5.41) is 0. The molecule has 2 rings (SSSR count). The van der Waals surface area contributed by atoms with Crippen molar-refractivity contribution < 1.29 is 18.3 Å². The molecule has 0 unspecified atom stereocenters. The summed E-state index contributed by atoms with van der Waals surface area (Å²) in [5.41, 5.74) is -1.63. The Bertz CT molecular complexity index is 707. The number of hydrogen-bond acceptors (Lipinski definition) is 5. The van der Waals surface area contributed by atoms with Gasteiger partial charge in [-0.25, -0.2) is 4.79 Å². The molecule has 0 bridgehead atoms. The highest BCUT2D eigenvalue weighted by atomic mass is 16.6. The first-order valence-electron chi connectivity index (χ1n) is 8.66. The van der Waals surface area contributed by atoms with Crippen LogP contribution in [0.3, 0.4) is 0 Å². The quantitative estimate of drug-likeness (QED) is 0.892. The molecule has 1 aliphatic heterocycles. The summed E-state index contributed by atoms with van der Waals surface area (Å²) in [5.74, 6) is -0.341. The van der Waals surface area contributed by atoms with E-state index in [4.69, 9.17) is 18.3 Å². The van der Waals surface area contributed by atoms with Crippen LogP contribution in [-0.4, -0.2) is 41.0 Å². The lowest BCUT2D eigenvalue weighted by Gasteiger charge is -2.24. The van der Waals surface area contributed by atoms with Crippen molar-refractivity contribution in [3.63, 3.8) is 0 Å². The molecule has 0 amide bonds. The van der Waals surface area contributed by atoms with Crippen LogP contribution in [0.15, 0.2) is 21.9 Å². The molecule has 1 saturated heterocycles. The maximum Gasteiger partial charge on any atom is 0.330 e. The van der Waals surface area contributed by atoms with Gasteiger partial charge >= 0.3 is 5.69 Å². The number of hydrogen-bond donors (Lipinski definition) is 1. The van der Waals surface area contributed by atoms with Gasteiger partial charge in [-0.3, -0.25) is 14.3 Å². The zero-order chi connectivity index (χ0) is 19.0. The van der Waals surface area contributed by atoms with Crippen molar-refractivity contribution in [3.8, 4) is 0 Å². The number of rotatable bonds is 4. The van der Waals surface area contributed by atoms with Crippen molar-refractivity contribution in [1.29, 1.82) is 0 Å². The predicted molar refractivity (Wildman–Crippen MR) is 80.9 cm³/mol. The first kappa shape index (κ1) is 13.0. The van der Waals surface area contributed by atoms with E-state index in [1.807, 2.05) is 20.8 Å². The lowest BCUT2D eigenvalue weighted by molar-refractivity contribution is -0.0969. The average molecular weight is 315 g/mol. The summed E-state index contributed by atoms with van der Waals surface area (Å²) < 4.78 is 40.0. The second kappa shape index (κ2) is 6.36. The van der Waals surface area contributed by atoms with Crippen LogP contribution in [0.25, 0.3) is 0 Å². The van der Waals surface area contributed by atoms with E-state index in [1.54, 1.807) is 6.92 Å². The Morgan fingerprint density at radius 1 is 1.45 bits per heavy atom. The Kier molecular flexibility index (Phi) is 3.77. The van der Waals surface area contributed by atoms with Crippen molar-refractivity contribution in [2.45, 2.75) is 51.7 Å². The van der Waals surface area contributed by atoms with Gasteiger partial charge in [-0.05, 0) is 20.8 Å². The Morgan fingerprint density at radius 2 is 2.18 bits per heavy atom. The highest BCUT2D eigenvalue weighted by Gasteiger charge is 2.44. The van der Waals surface area contributed by atoms with E-state index in [0.29, 0.717) is 0 Å². The number of aromatic nitrogens is 2. The molecule has 124 valence electrons. The second-order valence-corrected chi connectivity index (χ2v) is 6.45. The summed E-state index contributed by atoms with van der Waals surface area (Å²) in [7, 11) is -2.65. The Hall–Kier alpha value is -1.44. The highest BCUT2D eigenvalue weighted by molar-refractivity contribution is 4.92. The minimum atomic E-state index is -2.65. The molecule has 1 aromatic heterocycles. The third-order valence-electron chi connectivity index (χ3n) is 3.64. The molecule has 0 radical (unpaired) electrons. The van der Waals surface area contributed by atoms with Crippen LogP contribution in [0.2, 0.25) is 0 Å². The van der Waals surface area contributed by atoms with Gasteiger partial charge in [0.25, 0.3) is 5.56 Å². The summed E-state index contributed by atoms with van der Waals surface area (Å²) in [6.45, 7) is 7.69. The number of methoxy groups -OCH3 is 1. The lowest BCUT2D eigenvalue weighted by Crippen LogP contribution is -2.36. The molecule has 0 spiro atoms. The third kappa shape index (κ3) is 3.66. The molecule has 7 heteroatoms. The van der Waals surface area contributed by atoms with E-state index >= 15 is 0 Å². The van der Waals surface area contributed by atoms with Gasteiger partial charge in [0.15, 0.2) is 6.23 Å². The first-order valence-corrected chi connectivity index (χ1v) is 7.16. The van der Waals surface area contributed by atoms with Gasteiger partial charge in [-0.1, -0.05) is 6.92 Å². The van der Waals surface area contributed by atoms with Crippen molar-refractivity contribution in [2.24, 2.45) is 5.92 Å². The molecular weight excluding hydrogens is 288 g/mol. The normalized spacial score (nSPS) is 31.5. The van der Waals surface area contributed by atoms with Gasteiger partial charge in [0.2, 0.25) is 0 Å². The molecule has 0 aliphatic carbocycles. The molecule has 22 heavy (non-hydrogen) atoms. The monoisotopic (exact) mass is 315 g/mol. The van der Waals surface area contributed by atoms with Gasteiger partial charge < -0.3 is 14.2 Å². The Labute approximate surface area is 133 Å². The number of ether oxygens (including phenoxy) is 3. The maximum absolute atomic E-state index is 12.1. The van der Waals surface area contributed by atoms with E-state index in [1.165, 1.54) is 12.3 Å². The molecule has 4 atom stereocenters. The molecule has 0 aromatic carbocycles. The lowest BCUT2D eigenvalue weighted by atomic mass is 10.0. The van der Waals surface area contributed by atoms with E-state index < -0.39 is 42.3 Å². The zero-order valence-electron chi connectivity index (χ0n) is 16.2. The number of H-pyrrole nitrogens is 1. The molecule has 1 N–H and O–H groups in total. The number of nitrogens with zero attached hydrogens (tertiary/aromatic N) is 1. The fraction of sp³-hybridized carbons (Fsp3) is 0.733.